The zero-order chi connectivity index (χ0) is 18.4. The van der Waals surface area contributed by atoms with Gasteiger partial charge in [0.25, 0.3) is 5.56 Å². The van der Waals surface area contributed by atoms with Crippen molar-refractivity contribution in [2.45, 2.75) is 33.0 Å². The first-order valence-corrected chi connectivity index (χ1v) is 8.17. The van der Waals surface area contributed by atoms with Gasteiger partial charge in [0, 0.05) is 23.6 Å². The van der Waals surface area contributed by atoms with E-state index < -0.39 is 17.3 Å². The van der Waals surface area contributed by atoms with E-state index in [-0.39, 0.29) is 24.4 Å². The second kappa shape index (κ2) is 6.10. The Labute approximate surface area is 143 Å². The van der Waals surface area contributed by atoms with Crippen molar-refractivity contribution in [2.24, 2.45) is 0 Å². The molecule has 6 nitrogen and oxygen atoms in total. The standard InChI is InChI=1S/C15H13F3N4O2S/c1-3-11(23)13-8(2)25-14-20-10(4-12(24)22(13)14)7-21-6-9(5-19-21)15(16,17)18/h4-6H,3,7H2,1-2H3. The number of aryl methyl sites for hydroxylation is 1. The second-order valence-corrected chi connectivity index (χ2v) is 6.59. The van der Waals surface area contributed by atoms with E-state index in [2.05, 4.69) is 10.1 Å². The van der Waals surface area contributed by atoms with E-state index in [1.807, 2.05) is 0 Å². The van der Waals surface area contributed by atoms with Crippen LogP contribution in [0.25, 0.3) is 4.96 Å². The number of fused-ring (bicyclic) bond motifs is 1. The minimum atomic E-state index is -4.48. The summed E-state index contributed by atoms with van der Waals surface area (Å²) in [6, 6.07) is 1.21. The lowest BCUT2D eigenvalue weighted by molar-refractivity contribution is -0.137. The quantitative estimate of drug-likeness (QED) is 0.662. The van der Waals surface area contributed by atoms with Gasteiger partial charge in [0.05, 0.1) is 24.0 Å². The number of hydrogen-bond donors (Lipinski definition) is 0. The van der Waals surface area contributed by atoms with Gasteiger partial charge in [-0.3, -0.25) is 14.3 Å². The molecule has 0 aliphatic carbocycles. The number of Topliss-reactive ketones (excluding diaryl/α,β-unsaturated/α-hetero) is 1. The van der Waals surface area contributed by atoms with Crippen molar-refractivity contribution in [3.63, 3.8) is 0 Å². The number of hydrogen-bond acceptors (Lipinski definition) is 5. The zero-order valence-corrected chi connectivity index (χ0v) is 14.1. The highest BCUT2D eigenvalue weighted by atomic mass is 32.1. The van der Waals surface area contributed by atoms with Gasteiger partial charge >= 0.3 is 6.18 Å². The van der Waals surface area contributed by atoms with E-state index in [0.717, 1.165) is 17.1 Å². The lowest BCUT2D eigenvalue weighted by atomic mass is 10.2. The minimum absolute atomic E-state index is 0.0736. The summed E-state index contributed by atoms with van der Waals surface area (Å²) in [4.78, 5) is 29.7. The van der Waals surface area contributed by atoms with Crippen molar-refractivity contribution < 1.29 is 18.0 Å². The maximum Gasteiger partial charge on any atom is 0.419 e. The monoisotopic (exact) mass is 370 g/mol. The summed E-state index contributed by atoms with van der Waals surface area (Å²) in [6.07, 6.45) is -2.64. The van der Waals surface area contributed by atoms with Crippen molar-refractivity contribution in [3.8, 4) is 0 Å². The van der Waals surface area contributed by atoms with Crippen LogP contribution in [0.5, 0.6) is 0 Å². The van der Waals surface area contributed by atoms with E-state index in [0.29, 0.717) is 15.5 Å². The van der Waals surface area contributed by atoms with Gasteiger partial charge in [0.15, 0.2) is 10.7 Å². The van der Waals surface area contributed by atoms with Crippen LogP contribution in [-0.4, -0.2) is 24.9 Å². The van der Waals surface area contributed by atoms with E-state index in [1.54, 1.807) is 13.8 Å². The first kappa shape index (κ1) is 17.3. The molecule has 3 aromatic rings. The predicted molar refractivity (Wildman–Crippen MR) is 85.0 cm³/mol. The molecule has 0 aromatic carbocycles. The molecule has 10 heteroatoms. The van der Waals surface area contributed by atoms with E-state index in [1.165, 1.54) is 21.8 Å². The fraction of sp³-hybridized carbons (Fsp3) is 0.333. The summed E-state index contributed by atoms with van der Waals surface area (Å²) >= 11 is 1.19. The molecule has 132 valence electrons. The molecule has 0 radical (unpaired) electrons. The molecule has 0 spiro atoms. The van der Waals surface area contributed by atoms with E-state index >= 15 is 0 Å². The van der Waals surface area contributed by atoms with Gasteiger partial charge in [-0.25, -0.2) is 9.38 Å². The second-order valence-electron chi connectivity index (χ2n) is 5.41. The number of nitrogens with zero attached hydrogens (tertiary/aromatic N) is 4. The molecule has 0 fully saturated rings. The fourth-order valence-electron chi connectivity index (χ4n) is 2.46. The van der Waals surface area contributed by atoms with Crippen molar-refractivity contribution in [3.05, 3.63) is 50.6 Å². The maximum atomic E-state index is 12.6. The predicted octanol–water partition coefficient (Wildman–Crippen LogP) is 2.92. The molecule has 0 saturated carbocycles. The molecule has 0 unspecified atom stereocenters. The van der Waals surface area contributed by atoms with Crippen molar-refractivity contribution >= 4 is 22.1 Å². The van der Waals surface area contributed by atoms with Crippen LogP contribution in [0.2, 0.25) is 0 Å². The Morgan fingerprint density at radius 1 is 1.36 bits per heavy atom. The Hall–Kier alpha value is -2.49. The highest BCUT2D eigenvalue weighted by Crippen LogP contribution is 2.28. The smallest absolute Gasteiger partial charge is 0.292 e. The zero-order valence-electron chi connectivity index (χ0n) is 13.3. The first-order valence-electron chi connectivity index (χ1n) is 7.35. The fourth-order valence-corrected chi connectivity index (χ4v) is 3.47. The van der Waals surface area contributed by atoms with Crippen LogP contribution in [0.1, 0.15) is 40.0 Å². The van der Waals surface area contributed by atoms with Crippen LogP contribution < -0.4 is 5.56 Å². The molecule has 0 amide bonds. The Balaban J connectivity index is 2.01. The molecule has 25 heavy (non-hydrogen) atoms. The summed E-state index contributed by atoms with van der Waals surface area (Å²) in [6.45, 7) is 3.36. The maximum absolute atomic E-state index is 12.6. The Kier molecular flexibility index (Phi) is 4.23. The normalized spacial score (nSPS) is 12.0. The average molecular weight is 370 g/mol. The van der Waals surface area contributed by atoms with Crippen LogP contribution in [0.4, 0.5) is 13.2 Å². The number of rotatable bonds is 4. The Morgan fingerprint density at radius 2 is 2.08 bits per heavy atom. The number of carbonyl (C=O) groups is 1. The van der Waals surface area contributed by atoms with E-state index in [4.69, 9.17) is 0 Å². The minimum Gasteiger partial charge on any atom is -0.292 e. The first-order chi connectivity index (χ1) is 11.7. The Bertz CT molecular complexity index is 1020. The summed E-state index contributed by atoms with van der Waals surface area (Å²) < 4.78 is 40.2. The van der Waals surface area contributed by atoms with Crippen LogP contribution in [-0.2, 0) is 12.7 Å². The molecule has 0 bridgehead atoms. The number of carbonyl (C=O) groups excluding carboxylic acids is 1. The third-order valence-electron chi connectivity index (χ3n) is 3.61. The van der Waals surface area contributed by atoms with Crippen LogP contribution in [0, 0.1) is 6.92 Å². The van der Waals surface area contributed by atoms with Crippen molar-refractivity contribution in [1.29, 1.82) is 0 Å². The van der Waals surface area contributed by atoms with Gasteiger partial charge in [-0.15, -0.1) is 11.3 Å². The number of thiazole rings is 1. The summed E-state index contributed by atoms with van der Waals surface area (Å²) in [7, 11) is 0. The summed E-state index contributed by atoms with van der Waals surface area (Å²) in [5, 5.41) is 3.65. The highest BCUT2D eigenvalue weighted by molar-refractivity contribution is 7.17. The van der Waals surface area contributed by atoms with Gasteiger partial charge < -0.3 is 0 Å². The largest absolute Gasteiger partial charge is 0.419 e. The summed E-state index contributed by atoms with van der Waals surface area (Å²) in [5.74, 6) is -0.165. The number of alkyl halides is 3. The van der Waals surface area contributed by atoms with Gasteiger partial charge in [-0.05, 0) is 6.92 Å². The third-order valence-corrected chi connectivity index (χ3v) is 4.57. The van der Waals surface area contributed by atoms with Crippen molar-refractivity contribution in [1.82, 2.24) is 19.2 Å². The Morgan fingerprint density at radius 3 is 2.68 bits per heavy atom. The van der Waals surface area contributed by atoms with E-state index in [9.17, 15) is 22.8 Å². The van der Waals surface area contributed by atoms with Gasteiger partial charge in [-0.1, -0.05) is 6.92 Å². The van der Waals surface area contributed by atoms with Gasteiger partial charge in [0.2, 0.25) is 0 Å². The molecule has 0 aliphatic rings. The molecule has 0 saturated heterocycles. The molecule has 0 atom stereocenters. The number of aromatic nitrogens is 4. The average Bonchev–Trinajstić information content (AvgIpc) is 3.10. The molecule has 0 aliphatic heterocycles. The molecular weight excluding hydrogens is 357 g/mol. The topological polar surface area (TPSA) is 69.3 Å². The lowest BCUT2D eigenvalue weighted by Crippen LogP contribution is -2.20. The summed E-state index contributed by atoms with van der Waals surface area (Å²) in [5.41, 5.74) is -0.721. The van der Waals surface area contributed by atoms with Crippen LogP contribution in [0.15, 0.2) is 23.3 Å². The molecule has 3 heterocycles. The van der Waals surface area contributed by atoms with Gasteiger partial charge in [-0.2, -0.15) is 18.3 Å². The third kappa shape index (κ3) is 3.21. The lowest BCUT2D eigenvalue weighted by Gasteiger charge is -2.04. The number of ketones is 1. The van der Waals surface area contributed by atoms with Gasteiger partial charge in [0.1, 0.15) is 5.69 Å². The SMILES string of the molecule is CCC(=O)c1c(C)sc2nc(Cn3cc(C(F)(F)F)cn3)cc(=O)n12. The highest BCUT2D eigenvalue weighted by Gasteiger charge is 2.32. The van der Waals surface area contributed by atoms with Crippen molar-refractivity contribution in [2.75, 3.05) is 0 Å². The molecule has 0 N–H and O–H groups in total. The van der Waals surface area contributed by atoms with Crippen LogP contribution >= 0.6 is 11.3 Å². The molecule has 3 aromatic heterocycles. The van der Waals surface area contributed by atoms with Crippen LogP contribution in [0.3, 0.4) is 0 Å². The molecular formula is C15H13F3N4O2S. The molecule has 3 rings (SSSR count). The number of halogens is 3.